The molecule has 1 saturated heterocycles. The van der Waals surface area contributed by atoms with Crippen LogP contribution in [0.5, 0.6) is 11.5 Å². The van der Waals surface area contributed by atoms with E-state index in [0.29, 0.717) is 31.4 Å². The lowest BCUT2D eigenvalue weighted by Gasteiger charge is -2.14. The molecule has 2 aliphatic heterocycles. The highest BCUT2D eigenvalue weighted by Crippen LogP contribution is 2.38. The van der Waals surface area contributed by atoms with E-state index >= 15 is 0 Å². The van der Waals surface area contributed by atoms with Gasteiger partial charge < -0.3 is 9.47 Å². The van der Waals surface area contributed by atoms with Gasteiger partial charge in [-0.05, 0) is 42.0 Å². The third kappa shape index (κ3) is 2.77. The molecule has 1 amide bonds. The summed E-state index contributed by atoms with van der Waals surface area (Å²) in [5, 5.41) is 0.557. The summed E-state index contributed by atoms with van der Waals surface area (Å²) in [6, 6.07) is 12.6. The van der Waals surface area contributed by atoms with Crippen molar-refractivity contribution in [3.63, 3.8) is 0 Å². The van der Waals surface area contributed by atoms with Gasteiger partial charge in [0.15, 0.2) is 15.8 Å². The number of fused-ring (bicyclic) bond motifs is 1. The molecule has 2 aromatic carbocycles. The number of anilines is 1. The molecule has 120 valence electrons. The number of thioether (sulfide) groups is 1. The maximum absolute atomic E-state index is 12.7. The van der Waals surface area contributed by atoms with Crippen molar-refractivity contribution in [2.45, 2.75) is 0 Å². The number of hydrogen-bond donors (Lipinski definition) is 0. The molecule has 0 radical (unpaired) electrons. The van der Waals surface area contributed by atoms with Crippen LogP contribution in [0.1, 0.15) is 5.56 Å². The van der Waals surface area contributed by atoms with Gasteiger partial charge in [-0.3, -0.25) is 9.69 Å². The zero-order valence-corrected chi connectivity index (χ0v) is 14.6. The van der Waals surface area contributed by atoms with Crippen LogP contribution in [0.25, 0.3) is 6.08 Å². The molecule has 4 nitrogen and oxygen atoms in total. The lowest BCUT2D eigenvalue weighted by atomic mass is 10.2. The van der Waals surface area contributed by atoms with E-state index in [1.807, 2.05) is 18.2 Å². The predicted molar refractivity (Wildman–Crippen MR) is 99.7 cm³/mol. The van der Waals surface area contributed by atoms with Crippen LogP contribution in [-0.4, -0.2) is 17.0 Å². The molecule has 0 aromatic heterocycles. The normalized spacial score (nSPS) is 17.9. The number of carbonyl (C=O) groups excluding carboxylic acids is 1. The van der Waals surface area contributed by atoms with Gasteiger partial charge >= 0.3 is 0 Å². The maximum atomic E-state index is 12.7. The van der Waals surface area contributed by atoms with Crippen molar-refractivity contribution in [3.05, 3.63) is 58.0 Å². The number of carbonyl (C=O) groups is 1. The number of thiocarbonyl (C=S) groups is 1. The monoisotopic (exact) mass is 375 g/mol. The molecule has 24 heavy (non-hydrogen) atoms. The van der Waals surface area contributed by atoms with Crippen molar-refractivity contribution >= 4 is 57.6 Å². The van der Waals surface area contributed by atoms with Gasteiger partial charge in [0.05, 0.1) is 10.6 Å². The van der Waals surface area contributed by atoms with E-state index in [-0.39, 0.29) is 12.7 Å². The first-order valence-electron chi connectivity index (χ1n) is 7.05. The maximum Gasteiger partial charge on any atom is 0.270 e. The third-order valence-electron chi connectivity index (χ3n) is 3.55. The highest BCUT2D eigenvalue weighted by molar-refractivity contribution is 8.27. The molecule has 0 spiro atoms. The number of halogens is 1. The Balaban J connectivity index is 1.66. The van der Waals surface area contributed by atoms with E-state index in [9.17, 15) is 4.79 Å². The van der Waals surface area contributed by atoms with Gasteiger partial charge in [-0.15, -0.1) is 0 Å². The second kappa shape index (κ2) is 6.12. The molecular weight excluding hydrogens is 366 g/mol. The number of nitrogens with zero attached hydrogens (tertiary/aromatic N) is 1. The van der Waals surface area contributed by atoms with E-state index in [0.717, 1.165) is 5.56 Å². The second-order valence-corrected chi connectivity index (χ2v) is 7.22. The molecule has 0 atom stereocenters. The summed E-state index contributed by atoms with van der Waals surface area (Å²) < 4.78 is 11.1. The average Bonchev–Trinajstić information content (AvgIpc) is 3.12. The largest absolute Gasteiger partial charge is 0.454 e. The van der Waals surface area contributed by atoms with Gasteiger partial charge in [0.25, 0.3) is 5.91 Å². The lowest BCUT2D eigenvalue weighted by molar-refractivity contribution is -0.113. The van der Waals surface area contributed by atoms with Gasteiger partial charge in [-0.2, -0.15) is 0 Å². The summed E-state index contributed by atoms with van der Waals surface area (Å²) >= 11 is 12.6. The number of benzene rings is 2. The Kier molecular flexibility index (Phi) is 3.96. The molecule has 7 heteroatoms. The van der Waals surface area contributed by atoms with Crippen molar-refractivity contribution in [2.75, 3.05) is 11.7 Å². The first-order valence-corrected chi connectivity index (χ1v) is 8.65. The quantitative estimate of drug-likeness (QED) is 0.571. The summed E-state index contributed by atoms with van der Waals surface area (Å²) in [6.45, 7) is 0.218. The summed E-state index contributed by atoms with van der Waals surface area (Å²) in [7, 11) is 0. The minimum absolute atomic E-state index is 0.162. The van der Waals surface area contributed by atoms with Crippen LogP contribution in [0.2, 0.25) is 5.02 Å². The van der Waals surface area contributed by atoms with Crippen LogP contribution in [-0.2, 0) is 4.79 Å². The topological polar surface area (TPSA) is 38.8 Å². The summed E-state index contributed by atoms with van der Waals surface area (Å²) in [5.41, 5.74) is 1.52. The lowest BCUT2D eigenvalue weighted by Crippen LogP contribution is -2.27. The highest BCUT2D eigenvalue weighted by atomic mass is 35.5. The van der Waals surface area contributed by atoms with E-state index in [2.05, 4.69) is 0 Å². The van der Waals surface area contributed by atoms with Crippen LogP contribution in [0, 0.1) is 0 Å². The first-order chi connectivity index (χ1) is 11.6. The summed E-state index contributed by atoms with van der Waals surface area (Å²) in [6.07, 6.45) is 1.80. The van der Waals surface area contributed by atoms with Crippen LogP contribution >= 0.6 is 35.6 Å². The Morgan fingerprint density at radius 1 is 1.17 bits per heavy atom. The Bertz CT molecular complexity index is 897. The van der Waals surface area contributed by atoms with Gasteiger partial charge in [-0.25, -0.2) is 0 Å². The number of hydrogen-bond acceptors (Lipinski definition) is 5. The highest BCUT2D eigenvalue weighted by Gasteiger charge is 2.33. The minimum atomic E-state index is -0.162. The van der Waals surface area contributed by atoms with Crippen molar-refractivity contribution < 1.29 is 14.3 Å². The van der Waals surface area contributed by atoms with Crippen molar-refractivity contribution in [1.82, 2.24) is 0 Å². The molecule has 4 rings (SSSR count). The molecular formula is C17H10ClNO3S2. The van der Waals surface area contributed by atoms with E-state index in [4.69, 9.17) is 33.3 Å². The number of rotatable bonds is 2. The Morgan fingerprint density at radius 3 is 2.83 bits per heavy atom. The zero-order valence-electron chi connectivity index (χ0n) is 12.2. The van der Waals surface area contributed by atoms with Gasteiger partial charge in [-0.1, -0.05) is 47.7 Å². The van der Waals surface area contributed by atoms with Crippen LogP contribution < -0.4 is 14.4 Å². The van der Waals surface area contributed by atoms with Crippen molar-refractivity contribution in [3.8, 4) is 11.5 Å². The second-order valence-electron chi connectivity index (χ2n) is 5.11. The summed E-state index contributed by atoms with van der Waals surface area (Å²) in [5.74, 6) is 1.22. The number of ether oxygens (including phenoxy) is 2. The zero-order chi connectivity index (χ0) is 16.7. The van der Waals surface area contributed by atoms with Crippen molar-refractivity contribution in [1.29, 1.82) is 0 Å². The van der Waals surface area contributed by atoms with Gasteiger partial charge in [0, 0.05) is 5.02 Å². The smallest absolute Gasteiger partial charge is 0.270 e. The SMILES string of the molecule is O=C1/C(=C\c2ccc3c(c2)OCO3)SC(=S)N1c1cccc(Cl)c1. The van der Waals surface area contributed by atoms with E-state index in [1.165, 1.54) is 16.7 Å². The number of amides is 1. The molecule has 1 fully saturated rings. The predicted octanol–water partition coefficient (Wildman–Crippen LogP) is 4.47. The Morgan fingerprint density at radius 2 is 2.00 bits per heavy atom. The van der Waals surface area contributed by atoms with Crippen LogP contribution in [0.15, 0.2) is 47.4 Å². The molecule has 0 aliphatic carbocycles. The van der Waals surface area contributed by atoms with E-state index < -0.39 is 0 Å². The van der Waals surface area contributed by atoms with Crippen LogP contribution in [0.3, 0.4) is 0 Å². The van der Waals surface area contributed by atoms with Gasteiger partial charge in [0.2, 0.25) is 6.79 Å². The fourth-order valence-corrected chi connectivity index (χ4v) is 3.94. The minimum Gasteiger partial charge on any atom is -0.454 e. The fourth-order valence-electron chi connectivity index (χ4n) is 2.46. The van der Waals surface area contributed by atoms with E-state index in [1.54, 1.807) is 30.3 Å². The molecule has 0 unspecified atom stereocenters. The summed E-state index contributed by atoms with van der Waals surface area (Å²) in [4.78, 5) is 14.8. The Labute approximate surface area is 153 Å². The molecule has 2 heterocycles. The molecule has 0 saturated carbocycles. The van der Waals surface area contributed by atoms with Crippen LogP contribution in [0.4, 0.5) is 5.69 Å². The fraction of sp³-hybridized carbons (Fsp3) is 0.0588. The molecule has 0 N–H and O–H groups in total. The molecule has 2 aliphatic rings. The molecule has 0 bridgehead atoms. The Hall–Kier alpha value is -2.02. The standard InChI is InChI=1S/C17H10ClNO3S2/c18-11-2-1-3-12(8-11)19-16(20)15(24-17(19)23)7-10-4-5-13-14(6-10)22-9-21-13/h1-8H,9H2/b15-7+. The first kappa shape index (κ1) is 15.5. The third-order valence-corrected chi connectivity index (χ3v) is 5.09. The van der Waals surface area contributed by atoms with Gasteiger partial charge in [0.1, 0.15) is 0 Å². The average molecular weight is 376 g/mol. The van der Waals surface area contributed by atoms with Crippen molar-refractivity contribution in [2.24, 2.45) is 0 Å². The molecule has 2 aromatic rings.